The molecule has 1 aromatic rings. The van der Waals surface area contributed by atoms with Crippen molar-refractivity contribution >= 4 is 17.3 Å². The number of carboxylic acids is 1. The van der Waals surface area contributed by atoms with Gasteiger partial charge in [-0.2, -0.15) is 0 Å². The van der Waals surface area contributed by atoms with Gasteiger partial charge in [0.15, 0.2) is 0 Å². The summed E-state index contributed by atoms with van der Waals surface area (Å²) in [5.74, 6) is -0.998. The van der Waals surface area contributed by atoms with Crippen molar-refractivity contribution in [3.05, 3.63) is 16.1 Å². The minimum absolute atomic E-state index is 0.0219. The number of carboxylic acid groups (broad SMARTS) is 1. The molecule has 6 nitrogen and oxygen atoms in total. The number of carbonyl (C=O) groups is 1. The van der Waals surface area contributed by atoms with Crippen molar-refractivity contribution in [1.29, 1.82) is 0 Å². The van der Waals surface area contributed by atoms with E-state index in [2.05, 4.69) is 10.3 Å². The van der Waals surface area contributed by atoms with Gasteiger partial charge in [0.05, 0.1) is 25.5 Å². The number of ether oxygens (including phenoxy) is 1. The Bertz CT molecular complexity index is 329. The Morgan fingerprint density at radius 3 is 3.00 bits per heavy atom. The fourth-order valence-electron chi connectivity index (χ4n) is 1.01. The van der Waals surface area contributed by atoms with E-state index in [4.69, 9.17) is 14.9 Å². The van der Waals surface area contributed by atoms with Gasteiger partial charge < -0.3 is 20.3 Å². The highest BCUT2D eigenvalue weighted by Crippen LogP contribution is 2.08. The predicted molar refractivity (Wildman–Crippen MR) is 58.7 cm³/mol. The minimum atomic E-state index is -0.998. The van der Waals surface area contributed by atoms with E-state index in [1.165, 1.54) is 0 Å². The SMILES string of the molecule is O=C(O)c1nc(CNCCOCCO)cs1. The lowest BCUT2D eigenvalue weighted by atomic mass is 10.5. The molecule has 0 saturated heterocycles. The van der Waals surface area contributed by atoms with Crippen LogP contribution in [0.5, 0.6) is 0 Å². The third-order valence-corrected chi connectivity index (χ3v) is 2.58. The Kier molecular flexibility index (Phi) is 5.94. The highest BCUT2D eigenvalue weighted by atomic mass is 32.1. The Balaban J connectivity index is 2.14. The number of nitrogens with zero attached hydrogens (tertiary/aromatic N) is 1. The van der Waals surface area contributed by atoms with E-state index in [-0.39, 0.29) is 11.6 Å². The zero-order valence-corrected chi connectivity index (χ0v) is 9.50. The molecular weight excluding hydrogens is 232 g/mol. The van der Waals surface area contributed by atoms with Crippen molar-refractivity contribution in [3.8, 4) is 0 Å². The van der Waals surface area contributed by atoms with Crippen LogP contribution in [0.3, 0.4) is 0 Å². The first kappa shape index (κ1) is 13.0. The number of thiazole rings is 1. The van der Waals surface area contributed by atoms with Crippen LogP contribution in [-0.2, 0) is 11.3 Å². The Hall–Kier alpha value is -1.02. The number of aromatic nitrogens is 1. The summed E-state index contributed by atoms with van der Waals surface area (Å²) in [5.41, 5.74) is 0.713. The molecule has 1 heterocycles. The van der Waals surface area contributed by atoms with Gasteiger partial charge >= 0.3 is 5.97 Å². The summed E-state index contributed by atoms with van der Waals surface area (Å²) in [7, 11) is 0. The maximum atomic E-state index is 10.5. The average Bonchev–Trinajstić information content (AvgIpc) is 2.72. The average molecular weight is 246 g/mol. The minimum Gasteiger partial charge on any atom is -0.476 e. The first-order chi connectivity index (χ1) is 7.74. The van der Waals surface area contributed by atoms with Gasteiger partial charge in [-0.25, -0.2) is 9.78 Å². The second-order valence-corrected chi connectivity index (χ2v) is 3.82. The second kappa shape index (κ2) is 7.29. The summed E-state index contributed by atoms with van der Waals surface area (Å²) < 4.78 is 5.04. The van der Waals surface area contributed by atoms with E-state index in [0.29, 0.717) is 32.0 Å². The summed E-state index contributed by atoms with van der Waals surface area (Å²) in [6.07, 6.45) is 0. The molecule has 1 rings (SSSR count). The third-order valence-electron chi connectivity index (χ3n) is 1.70. The molecule has 1 aromatic heterocycles. The fraction of sp³-hybridized carbons (Fsp3) is 0.556. The van der Waals surface area contributed by atoms with Crippen molar-refractivity contribution in [3.63, 3.8) is 0 Å². The molecule has 0 spiro atoms. The number of hydrogen-bond donors (Lipinski definition) is 3. The summed E-state index contributed by atoms with van der Waals surface area (Å²) >= 11 is 1.11. The van der Waals surface area contributed by atoms with Crippen LogP contribution in [0.2, 0.25) is 0 Å². The Labute approximate surface area is 96.9 Å². The standard InChI is InChI=1S/C9H14N2O4S/c12-2-4-15-3-1-10-5-7-6-16-8(11-7)9(13)14/h6,10,12H,1-5H2,(H,13,14). The van der Waals surface area contributed by atoms with Crippen LogP contribution in [0.25, 0.3) is 0 Å². The molecule has 90 valence electrons. The van der Waals surface area contributed by atoms with Gasteiger partial charge in [-0.3, -0.25) is 0 Å². The van der Waals surface area contributed by atoms with Crippen LogP contribution >= 0.6 is 11.3 Å². The molecular formula is C9H14N2O4S. The molecule has 0 aliphatic carbocycles. The smallest absolute Gasteiger partial charge is 0.365 e. The van der Waals surface area contributed by atoms with Gasteiger partial charge in [0, 0.05) is 18.5 Å². The lowest BCUT2D eigenvalue weighted by Gasteiger charge is -2.02. The van der Waals surface area contributed by atoms with Gasteiger partial charge in [0.1, 0.15) is 0 Å². The summed E-state index contributed by atoms with van der Waals surface area (Å²) in [5, 5.41) is 22.0. The Morgan fingerprint density at radius 1 is 1.56 bits per heavy atom. The second-order valence-electron chi connectivity index (χ2n) is 2.96. The van der Waals surface area contributed by atoms with E-state index in [1.54, 1.807) is 5.38 Å². The molecule has 0 bridgehead atoms. The maximum Gasteiger partial charge on any atom is 0.365 e. The zero-order valence-electron chi connectivity index (χ0n) is 8.68. The summed E-state index contributed by atoms with van der Waals surface area (Å²) in [6.45, 7) is 2.03. The largest absolute Gasteiger partial charge is 0.476 e. The van der Waals surface area contributed by atoms with Gasteiger partial charge in [-0.15, -0.1) is 11.3 Å². The van der Waals surface area contributed by atoms with Crippen molar-refractivity contribution < 1.29 is 19.7 Å². The number of aliphatic hydroxyl groups excluding tert-OH is 1. The van der Waals surface area contributed by atoms with Crippen LogP contribution in [0.1, 0.15) is 15.5 Å². The topological polar surface area (TPSA) is 91.7 Å². The lowest BCUT2D eigenvalue weighted by Crippen LogP contribution is -2.20. The molecule has 7 heteroatoms. The van der Waals surface area contributed by atoms with E-state index in [0.717, 1.165) is 11.3 Å². The van der Waals surface area contributed by atoms with Gasteiger partial charge in [-0.1, -0.05) is 0 Å². The van der Waals surface area contributed by atoms with Crippen molar-refractivity contribution in [2.24, 2.45) is 0 Å². The van der Waals surface area contributed by atoms with Crippen LogP contribution in [-0.4, -0.2) is 47.5 Å². The third kappa shape index (κ3) is 4.67. The van der Waals surface area contributed by atoms with Crippen molar-refractivity contribution in [2.45, 2.75) is 6.54 Å². The quantitative estimate of drug-likeness (QED) is 0.557. The van der Waals surface area contributed by atoms with Crippen molar-refractivity contribution in [2.75, 3.05) is 26.4 Å². The van der Waals surface area contributed by atoms with Crippen LogP contribution in [0.15, 0.2) is 5.38 Å². The normalized spacial score (nSPS) is 10.6. The first-order valence-corrected chi connectivity index (χ1v) is 5.69. The molecule has 0 saturated carbocycles. The molecule has 0 aliphatic heterocycles. The van der Waals surface area contributed by atoms with E-state index < -0.39 is 5.97 Å². The number of aliphatic hydroxyl groups is 1. The summed E-state index contributed by atoms with van der Waals surface area (Å²) in [6, 6.07) is 0. The van der Waals surface area contributed by atoms with Crippen molar-refractivity contribution in [1.82, 2.24) is 10.3 Å². The molecule has 0 unspecified atom stereocenters. The maximum absolute atomic E-state index is 10.5. The molecule has 0 atom stereocenters. The van der Waals surface area contributed by atoms with Crippen LogP contribution < -0.4 is 5.32 Å². The Morgan fingerprint density at radius 2 is 2.38 bits per heavy atom. The number of aromatic carboxylic acids is 1. The molecule has 0 aromatic carbocycles. The monoisotopic (exact) mass is 246 g/mol. The number of nitrogens with one attached hydrogen (secondary N) is 1. The first-order valence-electron chi connectivity index (χ1n) is 4.81. The van der Waals surface area contributed by atoms with Crippen LogP contribution in [0.4, 0.5) is 0 Å². The van der Waals surface area contributed by atoms with E-state index in [9.17, 15) is 4.79 Å². The van der Waals surface area contributed by atoms with E-state index in [1.807, 2.05) is 0 Å². The molecule has 16 heavy (non-hydrogen) atoms. The van der Waals surface area contributed by atoms with E-state index >= 15 is 0 Å². The lowest BCUT2D eigenvalue weighted by molar-refractivity contribution is 0.0696. The number of hydrogen-bond acceptors (Lipinski definition) is 6. The fourth-order valence-corrected chi connectivity index (χ4v) is 1.67. The highest BCUT2D eigenvalue weighted by Gasteiger charge is 2.07. The molecule has 0 radical (unpaired) electrons. The molecule has 0 amide bonds. The van der Waals surface area contributed by atoms with Gasteiger partial charge in [0.2, 0.25) is 5.01 Å². The molecule has 0 aliphatic rings. The van der Waals surface area contributed by atoms with Gasteiger partial charge in [0.25, 0.3) is 0 Å². The van der Waals surface area contributed by atoms with Gasteiger partial charge in [-0.05, 0) is 0 Å². The zero-order chi connectivity index (χ0) is 11.8. The molecule has 0 fully saturated rings. The summed E-state index contributed by atoms with van der Waals surface area (Å²) in [4.78, 5) is 14.5. The number of rotatable bonds is 8. The highest BCUT2D eigenvalue weighted by molar-refractivity contribution is 7.11. The van der Waals surface area contributed by atoms with Crippen LogP contribution in [0, 0.1) is 0 Å². The predicted octanol–water partition coefficient (Wildman–Crippen LogP) is -0.0602. The molecule has 3 N–H and O–H groups in total.